The summed E-state index contributed by atoms with van der Waals surface area (Å²) in [4.78, 5) is 31.4. The normalized spacial score (nSPS) is 44.9. The monoisotopic (exact) mass is 387 g/mol. The molecule has 152 valence electrons. The van der Waals surface area contributed by atoms with Crippen LogP contribution in [-0.2, 0) is 30.8 Å². The Hall–Kier alpha value is -1.47. The van der Waals surface area contributed by atoms with Crippen LogP contribution in [0.2, 0.25) is 0 Å². The third kappa shape index (κ3) is 2.58. The summed E-state index contributed by atoms with van der Waals surface area (Å²) < 4.78 is 6.43. The van der Waals surface area contributed by atoms with Gasteiger partial charge in [0.1, 0.15) is 6.61 Å². The van der Waals surface area contributed by atoms with Gasteiger partial charge < -0.3 is 4.74 Å². The fourth-order valence-corrected chi connectivity index (χ4v) is 5.87. The molecule has 6 rings (SSSR count). The number of hydrogen-bond acceptors (Lipinski definition) is 5. The number of carbonyl (C=O) groups is 1. The molecular weight excluding hydrogens is 358 g/mol. The Morgan fingerprint density at radius 3 is 2.68 bits per heavy atom. The molecule has 1 aliphatic carbocycles. The van der Waals surface area contributed by atoms with E-state index in [9.17, 15) is 4.79 Å². The fourth-order valence-electron chi connectivity index (χ4n) is 5.87. The van der Waals surface area contributed by atoms with Crippen LogP contribution in [-0.4, -0.2) is 28.6 Å². The molecule has 1 aromatic rings. The highest BCUT2D eigenvalue weighted by molar-refractivity contribution is 5.79. The summed E-state index contributed by atoms with van der Waals surface area (Å²) in [5, 5.41) is 1.46. The molecule has 5 aliphatic rings. The van der Waals surface area contributed by atoms with Crippen molar-refractivity contribution in [2.45, 2.75) is 70.7 Å². The van der Waals surface area contributed by atoms with E-state index in [1.54, 1.807) is 0 Å². The standard InChI is InChI=1S/C22H29NO5/c1-14-9-10-18-15(2)19(24)23(25-13-16-7-5-4-6-8-16)20-22(18)17(14)11-12-21(3,26-20)27-28-22/h4-8,14-15,17-18,20H,9-13H2,1-3H3/t14-,15-,17+,18+,20-,21?,22-/m1/s1. The molecule has 0 aromatic heterocycles. The van der Waals surface area contributed by atoms with Crippen LogP contribution in [0.3, 0.4) is 0 Å². The van der Waals surface area contributed by atoms with Crippen molar-refractivity contribution >= 4 is 5.91 Å². The number of piperidine rings is 1. The maximum Gasteiger partial charge on any atom is 0.251 e. The fraction of sp³-hybridized carbons (Fsp3) is 0.682. The van der Waals surface area contributed by atoms with E-state index in [1.807, 2.05) is 44.2 Å². The number of benzene rings is 1. The summed E-state index contributed by atoms with van der Waals surface area (Å²) in [6, 6.07) is 9.88. The summed E-state index contributed by atoms with van der Waals surface area (Å²) in [5.74, 6) is -0.235. The molecule has 2 bridgehead atoms. The number of rotatable bonds is 3. The summed E-state index contributed by atoms with van der Waals surface area (Å²) >= 11 is 0. The number of fused-ring (bicyclic) bond motifs is 2. The number of carbonyl (C=O) groups excluding carboxylic acids is 1. The van der Waals surface area contributed by atoms with Gasteiger partial charge in [-0.25, -0.2) is 9.78 Å². The second-order valence-corrected chi connectivity index (χ2v) is 9.14. The summed E-state index contributed by atoms with van der Waals surface area (Å²) in [5.41, 5.74) is 0.343. The smallest absolute Gasteiger partial charge is 0.251 e. The maximum absolute atomic E-state index is 13.3. The zero-order valence-corrected chi connectivity index (χ0v) is 16.8. The van der Waals surface area contributed by atoms with Gasteiger partial charge in [0.25, 0.3) is 5.91 Å². The van der Waals surface area contributed by atoms with Crippen LogP contribution in [0.25, 0.3) is 0 Å². The molecule has 5 fully saturated rings. The molecule has 1 unspecified atom stereocenters. The first-order valence-electron chi connectivity index (χ1n) is 10.5. The average Bonchev–Trinajstić information content (AvgIpc) is 2.93. The van der Waals surface area contributed by atoms with Crippen molar-refractivity contribution in [3.63, 3.8) is 0 Å². The summed E-state index contributed by atoms with van der Waals surface area (Å²) in [6.45, 7) is 6.49. The van der Waals surface area contributed by atoms with E-state index in [-0.39, 0.29) is 23.7 Å². The third-order valence-corrected chi connectivity index (χ3v) is 7.43. The molecule has 4 saturated heterocycles. The van der Waals surface area contributed by atoms with E-state index in [1.165, 1.54) is 5.06 Å². The van der Waals surface area contributed by atoms with Crippen molar-refractivity contribution in [2.24, 2.45) is 23.7 Å². The van der Waals surface area contributed by atoms with Crippen LogP contribution in [0, 0.1) is 23.7 Å². The van der Waals surface area contributed by atoms with Gasteiger partial charge >= 0.3 is 0 Å². The van der Waals surface area contributed by atoms with Gasteiger partial charge in [-0.2, -0.15) is 5.06 Å². The van der Waals surface area contributed by atoms with Gasteiger partial charge in [-0.15, -0.1) is 0 Å². The molecule has 6 nitrogen and oxygen atoms in total. The summed E-state index contributed by atoms with van der Waals surface area (Å²) in [7, 11) is 0. The van der Waals surface area contributed by atoms with E-state index in [0.717, 1.165) is 31.2 Å². The first-order valence-corrected chi connectivity index (χ1v) is 10.5. The highest BCUT2D eigenvalue weighted by atomic mass is 17.3. The molecule has 4 heterocycles. The van der Waals surface area contributed by atoms with Gasteiger partial charge in [0.05, 0.1) is 0 Å². The number of hydrogen-bond donors (Lipinski definition) is 0. The topological polar surface area (TPSA) is 57.2 Å². The molecule has 1 saturated carbocycles. The highest BCUT2D eigenvalue weighted by Crippen LogP contribution is 2.60. The second kappa shape index (κ2) is 6.52. The Kier molecular flexibility index (Phi) is 4.32. The lowest BCUT2D eigenvalue weighted by Crippen LogP contribution is -2.74. The Bertz CT molecular complexity index is 757. The van der Waals surface area contributed by atoms with Gasteiger partial charge in [0.15, 0.2) is 11.8 Å². The summed E-state index contributed by atoms with van der Waals surface area (Å²) in [6.07, 6.45) is 3.18. The minimum Gasteiger partial charge on any atom is -0.318 e. The average molecular weight is 387 g/mol. The predicted octanol–water partition coefficient (Wildman–Crippen LogP) is 3.81. The number of hydroxylamine groups is 2. The largest absolute Gasteiger partial charge is 0.318 e. The minimum atomic E-state index is -0.854. The lowest BCUT2D eigenvalue weighted by Gasteiger charge is -2.60. The zero-order chi connectivity index (χ0) is 19.5. The maximum atomic E-state index is 13.3. The number of amides is 1. The van der Waals surface area contributed by atoms with Crippen molar-refractivity contribution in [3.05, 3.63) is 35.9 Å². The molecular formula is C22H29NO5. The number of nitrogens with zero attached hydrogens (tertiary/aromatic N) is 1. The predicted molar refractivity (Wildman–Crippen MR) is 100 cm³/mol. The Morgan fingerprint density at radius 1 is 1.11 bits per heavy atom. The second-order valence-electron chi connectivity index (χ2n) is 9.14. The van der Waals surface area contributed by atoms with Crippen LogP contribution >= 0.6 is 0 Å². The molecule has 1 spiro atoms. The van der Waals surface area contributed by atoms with E-state index in [2.05, 4.69) is 6.92 Å². The van der Waals surface area contributed by atoms with Crippen molar-refractivity contribution in [1.82, 2.24) is 5.06 Å². The van der Waals surface area contributed by atoms with Crippen LogP contribution < -0.4 is 0 Å². The van der Waals surface area contributed by atoms with Crippen molar-refractivity contribution in [1.29, 1.82) is 0 Å². The lowest BCUT2D eigenvalue weighted by molar-refractivity contribution is -0.560. The Balaban J connectivity index is 1.53. The van der Waals surface area contributed by atoms with E-state index < -0.39 is 17.6 Å². The van der Waals surface area contributed by atoms with E-state index in [0.29, 0.717) is 12.5 Å². The molecule has 28 heavy (non-hydrogen) atoms. The van der Waals surface area contributed by atoms with Crippen molar-refractivity contribution < 1.29 is 24.1 Å². The lowest BCUT2D eigenvalue weighted by atomic mass is 9.57. The minimum absolute atomic E-state index is 0.0235. The van der Waals surface area contributed by atoms with Crippen LogP contribution in [0.1, 0.15) is 52.0 Å². The Labute approximate surface area is 166 Å². The van der Waals surface area contributed by atoms with E-state index in [4.69, 9.17) is 19.3 Å². The van der Waals surface area contributed by atoms with Crippen LogP contribution in [0.15, 0.2) is 30.3 Å². The van der Waals surface area contributed by atoms with Crippen molar-refractivity contribution in [3.8, 4) is 0 Å². The van der Waals surface area contributed by atoms with Crippen molar-refractivity contribution in [2.75, 3.05) is 0 Å². The molecule has 0 N–H and O–H groups in total. The molecule has 7 atom stereocenters. The van der Waals surface area contributed by atoms with Gasteiger partial charge in [0, 0.05) is 18.3 Å². The number of ether oxygens (including phenoxy) is 1. The van der Waals surface area contributed by atoms with Gasteiger partial charge in [-0.05, 0) is 43.6 Å². The zero-order valence-electron chi connectivity index (χ0n) is 16.8. The van der Waals surface area contributed by atoms with Gasteiger partial charge in [0.2, 0.25) is 5.79 Å². The molecule has 1 amide bonds. The molecule has 4 aliphatic heterocycles. The Morgan fingerprint density at radius 2 is 1.89 bits per heavy atom. The van der Waals surface area contributed by atoms with Crippen LogP contribution in [0.4, 0.5) is 0 Å². The van der Waals surface area contributed by atoms with Gasteiger partial charge in [-0.1, -0.05) is 44.2 Å². The SMILES string of the molecule is C[C@@H]1CC[C@H]2[C@@H](C)C(=O)N(OCc3ccccc3)[C@@H]3OC4(C)CC[C@@H]1[C@@]23OO4. The molecule has 0 radical (unpaired) electrons. The third-order valence-electron chi connectivity index (χ3n) is 7.43. The quantitative estimate of drug-likeness (QED) is 0.738. The first-order chi connectivity index (χ1) is 13.4. The molecule has 1 aromatic carbocycles. The van der Waals surface area contributed by atoms with Crippen LogP contribution in [0.5, 0.6) is 0 Å². The first kappa shape index (κ1) is 18.6. The molecule has 6 heteroatoms. The highest BCUT2D eigenvalue weighted by Gasteiger charge is 2.71. The van der Waals surface area contributed by atoms with E-state index >= 15 is 0 Å². The van der Waals surface area contributed by atoms with Gasteiger partial charge in [-0.3, -0.25) is 9.63 Å².